The van der Waals surface area contributed by atoms with Crippen LogP contribution in [0.1, 0.15) is 25.3 Å². The van der Waals surface area contributed by atoms with E-state index in [1.807, 2.05) is 24.3 Å². The lowest BCUT2D eigenvalue weighted by molar-refractivity contribution is -0.121. The zero-order chi connectivity index (χ0) is 16.3. The van der Waals surface area contributed by atoms with Crippen molar-refractivity contribution in [1.29, 1.82) is 0 Å². The zero-order valence-electron chi connectivity index (χ0n) is 12.8. The highest BCUT2D eigenvalue weighted by Gasteiger charge is 2.17. The SMILES string of the molecule is Cc1oc(-c2cccc(Br)c2)nc1CC(=O)NCC(C)(C)O. The quantitative estimate of drug-likeness (QED) is 0.852. The number of hydrogen-bond acceptors (Lipinski definition) is 4. The van der Waals surface area contributed by atoms with Crippen LogP contribution >= 0.6 is 15.9 Å². The lowest BCUT2D eigenvalue weighted by Crippen LogP contribution is -2.38. The first-order valence-corrected chi connectivity index (χ1v) is 7.75. The van der Waals surface area contributed by atoms with Crippen LogP contribution in [0.25, 0.3) is 11.5 Å². The van der Waals surface area contributed by atoms with Gasteiger partial charge in [0, 0.05) is 16.6 Å². The number of oxazole rings is 1. The van der Waals surface area contributed by atoms with E-state index >= 15 is 0 Å². The molecule has 0 aliphatic heterocycles. The van der Waals surface area contributed by atoms with Gasteiger partial charge in [-0.15, -0.1) is 0 Å². The Balaban J connectivity index is 2.09. The Morgan fingerprint density at radius 3 is 2.82 bits per heavy atom. The van der Waals surface area contributed by atoms with Crippen molar-refractivity contribution in [1.82, 2.24) is 10.3 Å². The molecule has 0 saturated carbocycles. The van der Waals surface area contributed by atoms with E-state index in [-0.39, 0.29) is 18.9 Å². The molecule has 1 aromatic heterocycles. The van der Waals surface area contributed by atoms with Gasteiger partial charge in [0.25, 0.3) is 0 Å². The van der Waals surface area contributed by atoms with Gasteiger partial charge in [-0.05, 0) is 39.0 Å². The first kappa shape index (κ1) is 16.7. The highest BCUT2D eigenvalue weighted by atomic mass is 79.9. The predicted molar refractivity (Wildman–Crippen MR) is 87.4 cm³/mol. The van der Waals surface area contributed by atoms with Crippen molar-refractivity contribution in [3.8, 4) is 11.5 Å². The van der Waals surface area contributed by atoms with E-state index < -0.39 is 5.60 Å². The molecular formula is C16H19BrN2O3. The van der Waals surface area contributed by atoms with E-state index in [0.29, 0.717) is 17.3 Å². The standard InChI is InChI=1S/C16H19BrN2O3/c1-10-13(8-14(20)18-9-16(2,3)21)19-15(22-10)11-5-4-6-12(17)7-11/h4-7,21H,8-9H2,1-3H3,(H,18,20). The molecule has 0 aliphatic rings. The highest BCUT2D eigenvalue weighted by molar-refractivity contribution is 9.10. The molecule has 0 fully saturated rings. The van der Waals surface area contributed by atoms with E-state index in [0.717, 1.165) is 10.0 Å². The largest absolute Gasteiger partial charge is 0.441 e. The van der Waals surface area contributed by atoms with Gasteiger partial charge >= 0.3 is 0 Å². The van der Waals surface area contributed by atoms with Gasteiger partial charge in [0.05, 0.1) is 17.7 Å². The molecule has 0 aliphatic carbocycles. The summed E-state index contributed by atoms with van der Waals surface area (Å²) >= 11 is 3.41. The van der Waals surface area contributed by atoms with Crippen LogP contribution in [0, 0.1) is 6.92 Å². The van der Waals surface area contributed by atoms with Gasteiger partial charge in [0.15, 0.2) is 0 Å². The Kier molecular flexibility index (Phi) is 5.03. The number of aliphatic hydroxyl groups is 1. The van der Waals surface area contributed by atoms with Crippen molar-refractivity contribution < 1.29 is 14.3 Å². The second kappa shape index (κ2) is 6.62. The summed E-state index contributed by atoms with van der Waals surface area (Å²) in [6, 6.07) is 7.62. The number of carbonyl (C=O) groups is 1. The van der Waals surface area contributed by atoms with E-state index in [9.17, 15) is 9.90 Å². The Bertz CT molecular complexity index is 674. The van der Waals surface area contributed by atoms with Crippen molar-refractivity contribution in [3.63, 3.8) is 0 Å². The topological polar surface area (TPSA) is 75.4 Å². The number of benzene rings is 1. The Hall–Kier alpha value is -1.66. The van der Waals surface area contributed by atoms with Crippen molar-refractivity contribution in [2.24, 2.45) is 0 Å². The molecule has 2 aromatic rings. The first-order valence-electron chi connectivity index (χ1n) is 6.96. The molecule has 0 radical (unpaired) electrons. The third-order valence-electron chi connectivity index (χ3n) is 3.01. The van der Waals surface area contributed by atoms with Gasteiger partial charge in [0.1, 0.15) is 5.76 Å². The number of aromatic nitrogens is 1. The minimum Gasteiger partial charge on any atom is -0.441 e. The number of halogens is 1. The molecule has 6 heteroatoms. The van der Waals surface area contributed by atoms with Crippen LogP contribution in [-0.4, -0.2) is 28.1 Å². The van der Waals surface area contributed by atoms with Gasteiger partial charge in [-0.2, -0.15) is 0 Å². The third kappa shape index (κ3) is 4.68. The summed E-state index contributed by atoms with van der Waals surface area (Å²) in [5, 5.41) is 12.3. The Morgan fingerprint density at radius 1 is 1.45 bits per heavy atom. The zero-order valence-corrected chi connectivity index (χ0v) is 14.4. The smallest absolute Gasteiger partial charge is 0.226 e. The lowest BCUT2D eigenvalue weighted by Gasteiger charge is -2.17. The lowest BCUT2D eigenvalue weighted by atomic mass is 10.1. The number of aryl methyl sites for hydroxylation is 1. The van der Waals surface area contributed by atoms with Gasteiger partial charge < -0.3 is 14.8 Å². The number of nitrogens with one attached hydrogen (secondary N) is 1. The highest BCUT2D eigenvalue weighted by Crippen LogP contribution is 2.24. The maximum atomic E-state index is 11.9. The van der Waals surface area contributed by atoms with Crippen molar-refractivity contribution in [2.45, 2.75) is 32.8 Å². The normalized spacial score (nSPS) is 11.5. The minimum absolute atomic E-state index is 0.124. The molecule has 1 amide bonds. The summed E-state index contributed by atoms with van der Waals surface area (Å²) in [6.07, 6.45) is 0.124. The van der Waals surface area contributed by atoms with Crippen molar-refractivity contribution in [3.05, 3.63) is 40.2 Å². The Labute approximate surface area is 137 Å². The molecule has 1 heterocycles. The molecule has 0 unspecified atom stereocenters. The number of amides is 1. The van der Waals surface area contributed by atoms with E-state index in [1.54, 1.807) is 20.8 Å². The molecule has 5 nitrogen and oxygen atoms in total. The van der Waals surface area contributed by atoms with Crippen molar-refractivity contribution >= 4 is 21.8 Å². The maximum absolute atomic E-state index is 11.9. The first-order chi connectivity index (χ1) is 10.2. The molecule has 118 valence electrons. The van der Waals surface area contributed by atoms with Crippen LogP contribution in [0.4, 0.5) is 0 Å². The minimum atomic E-state index is -0.935. The summed E-state index contributed by atoms with van der Waals surface area (Å²) < 4.78 is 6.58. The van der Waals surface area contributed by atoms with Crippen LogP contribution in [0.2, 0.25) is 0 Å². The molecule has 2 N–H and O–H groups in total. The van der Waals surface area contributed by atoms with E-state index in [4.69, 9.17) is 4.42 Å². The number of carbonyl (C=O) groups excluding carboxylic acids is 1. The molecule has 22 heavy (non-hydrogen) atoms. The van der Waals surface area contributed by atoms with E-state index in [2.05, 4.69) is 26.2 Å². The number of nitrogens with zero attached hydrogens (tertiary/aromatic N) is 1. The van der Waals surface area contributed by atoms with Crippen LogP contribution in [0.3, 0.4) is 0 Å². The average molecular weight is 367 g/mol. The van der Waals surface area contributed by atoms with Crippen LogP contribution in [0.5, 0.6) is 0 Å². The summed E-state index contributed by atoms with van der Waals surface area (Å²) in [7, 11) is 0. The predicted octanol–water partition coefficient (Wildman–Crippen LogP) is 2.84. The van der Waals surface area contributed by atoms with Crippen LogP contribution in [0.15, 0.2) is 33.2 Å². The van der Waals surface area contributed by atoms with Crippen LogP contribution in [-0.2, 0) is 11.2 Å². The van der Waals surface area contributed by atoms with Gasteiger partial charge in [-0.3, -0.25) is 4.79 Å². The molecular weight excluding hydrogens is 348 g/mol. The third-order valence-corrected chi connectivity index (χ3v) is 3.50. The molecule has 0 saturated heterocycles. The van der Waals surface area contributed by atoms with Gasteiger partial charge in [-0.25, -0.2) is 4.98 Å². The maximum Gasteiger partial charge on any atom is 0.226 e. The molecule has 0 bridgehead atoms. The monoisotopic (exact) mass is 366 g/mol. The fourth-order valence-electron chi connectivity index (χ4n) is 1.87. The summed E-state index contributed by atoms with van der Waals surface area (Å²) in [4.78, 5) is 16.3. The molecule has 1 aromatic carbocycles. The van der Waals surface area contributed by atoms with Gasteiger partial charge in [0.2, 0.25) is 11.8 Å². The summed E-state index contributed by atoms with van der Waals surface area (Å²) in [5.41, 5.74) is 0.513. The fraction of sp³-hybridized carbons (Fsp3) is 0.375. The number of hydrogen-bond donors (Lipinski definition) is 2. The van der Waals surface area contributed by atoms with E-state index in [1.165, 1.54) is 0 Å². The molecule has 0 spiro atoms. The second-order valence-corrected chi connectivity index (χ2v) is 6.71. The summed E-state index contributed by atoms with van der Waals surface area (Å²) in [6.45, 7) is 5.26. The van der Waals surface area contributed by atoms with Crippen molar-refractivity contribution in [2.75, 3.05) is 6.54 Å². The van der Waals surface area contributed by atoms with Crippen LogP contribution < -0.4 is 5.32 Å². The van der Waals surface area contributed by atoms with Gasteiger partial charge in [-0.1, -0.05) is 22.0 Å². The summed E-state index contributed by atoms with van der Waals surface area (Å²) in [5.74, 6) is 0.914. The number of rotatable bonds is 5. The average Bonchev–Trinajstić information content (AvgIpc) is 2.77. The second-order valence-electron chi connectivity index (χ2n) is 5.80. The molecule has 0 atom stereocenters. The Morgan fingerprint density at radius 2 is 2.18 bits per heavy atom. The fourth-order valence-corrected chi connectivity index (χ4v) is 2.27. The molecule has 2 rings (SSSR count).